The number of aromatic nitrogens is 1. The summed E-state index contributed by atoms with van der Waals surface area (Å²) in [5.41, 5.74) is 1.64. The maximum atomic E-state index is 13.9. The fourth-order valence-corrected chi connectivity index (χ4v) is 4.05. The average Bonchev–Trinajstić information content (AvgIpc) is 2.94. The number of nitrogens with zero attached hydrogens (tertiary/aromatic N) is 1. The van der Waals surface area contributed by atoms with Crippen molar-refractivity contribution in [3.8, 4) is 28.7 Å². The highest BCUT2D eigenvalue weighted by atomic mass is 16.5. The second-order valence-electron chi connectivity index (χ2n) is 8.08. The van der Waals surface area contributed by atoms with Gasteiger partial charge in [0.15, 0.2) is 11.5 Å². The van der Waals surface area contributed by atoms with Gasteiger partial charge in [0, 0.05) is 27.7 Å². The van der Waals surface area contributed by atoms with E-state index in [1.54, 1.807) is 68.8 Å². The van der Waals surface area contributed by atoms with Gasteiger partial charge in [-0.05, 0) is 60.7 Å². The normalized spacial score (nSPS) is 10.6. The third-order valence-corrected chi connectivity index (χ3v) is 6.00. The minimum absolute atomic E-state index is 0.00427. The van der Waals surface area contributed by atoms with Crippen LogP contribution >= 0.6 is 0 Å². The molecule has 0 spiro atoms. The molecule has 0 aliphatic carbocycles. The molecule has 9 heteroatoms. The molecule has 0 bridgehead atoms. The topological polar surface area (TPSA) is 99.3 Å². The number of fused-ring (bicyclic) bond motifs is 1. The third kappa shape index (κ3) is 5.16. The number of amides is 1. The highest BCUT2D eigenvalue weighted by Crippen LogP contribution is 2.39. The van der Waals surface area contributed by atoms with Crippen molar-refractivity contribution in [1.29, 1.82) is 0 Å². The molecular weight excluding hydrogens is 476 g/mol. The molecule has 0 unspecified atom stereocenters. The van der Waals surface area contributed by atoms with Crippen molar-refractivity contribution in [1.82, 2.24) is 4.98 Å². The number of hydrogen-bond acceptors (Lipinski definition) is 7. The van der Waals surface area contributed by atoms with E-state index >= 15 is 0 Å². The number of ether oxygens (including phenoxy) is 5. The van der Waals surface area contributed by atoms with E-state index in [1.807, 2.05) is 6.07 Å². The fraction of sp³-hybridized carbons (Fsp3) is 0.214. The Bertz CT molecular complexity index is 1450. The molecule has 37 heavy (non-hydrogen) atoms. The summed E-state index contributed by atoms with van der Waals surface area (Å²) in [7, 11) is 7.60. The second kappa shape index (κ2) is 10.9. The van der Waals surface area contributed by atoms with Crippen molar-refractivity contribution >= 4 is 22.5 Å². The van der Waals surface area contributed by atoms with Crippen molar-refractivity contribution in [2.24, 2.45) is 0 Å². The van der Waals surface area contributed by atoms with E-state index in [1.165, 1.54) is 26.2 Å². The number of benzene rings is 3. The van der Waals surface area contributed by atoms with Crippen LogP contribution in [-0.4, -0.2) is 46.4 Å². The molecule has 192 valence electrons. The number of aromatic amines is 1. The molecule has 4 rings (SSSR count). The second-order valence-corrected chi connectivity index (χ2v) is 8.08. The first-order valence-electron chi connectivity index (χ1n) is 11.4. The Morgan fingerprint density at radius 2 is 1.38 bits per heavy atom. The van der Waals surface area contributed by atoms with Crippen LogP contribution in [0.1, 0.15) is 15.9 Å². The summed E-state index contributed by atoms with van der Waals surface area (Å²) in [6.07, 6.45) is 0. The third-order valence-electron chi connectivity index (χ3n) is 6.00. The van der Waals surface area contributed by atoms with Gasteiger partial charge in [0.05, 0.1) is 42.1 Å². The minimum atomic E-state index is -0.366. The zero-order valence-electron chi connectivity index (χ0n) is 21.3. The molecule has 1 heterocycles. The Morgan fingerprint density at radius 3 is 1.95 bits per heavy atom. The van der Waals surface area contributed by atoms with E-state index in [9.17, 15) is 9.59 Å². The zero-order chi connectivity index (χ0) is 26.5. The smallest absolute Gasteiger partial charge is 0.258 e. The summed E-state index contributed by atoms with van der Waals surface area (Å²) in [4.78, 5) is 31.3. The first kappa shape index (κ1) is 25.4. The number of rotatable bonds is 9. The number of methoxy groups -OCH3 is 5. The maximum Gasteiger partial charge on any atom is 0.258 e. The molecule has 0 atom stereocenters. The van der Waals surface area contributed by atoms with Gasteiger partial charge < -0.3 is 33.6 Å². The van der Waals surface area contributed by atoms with Gasteiger partial charge in [-0.2, -0.15) is 0 Å². The van der Waals surface area contributed by atoms with E-state index in [0.29, 0.717) is 51.1 Å². The van der Waals surface area contributed by atoms with Crippen molar-refractivity contribution in [2.75, 3.05) is 40.4 Å². The van der Waals surface area contributed by atoms with Crippen LogP contribution in [-0.2, 0) is 6.54 Å². The Hall–Kier alpha value is -4.66. The van der Waals surface area contributed by atoms with Crippen molar-refractivity contribution in [3.05, 3.63) is 82.1 Å². The summed E-state index contributed by atoms with van der Waals surface area (Å²) in [5.74, 6) is 1.99. The van der Waals surface area contributed by atoms with E-state index in [4.69, 9.17) is 23.7 Å². The number of anilines is 1. The quantitative estimate of drug-likeness (QED) is 0.360. The van der Waals surface area contributed by atoms with E-state index in [-0.39, 0.29) is 18.0 Å². The molecule has 0 aliphatic rings. The lowest BCUT2D eigenvalue weighted by atomic mass is 10.1. The molecule has 1 amide bonds. The fourth-order valence-electron chi connectivity index (χ4n) is 4.05. The molecular formula is C28H28N2O7. The van der Waals surface area contributed by atoms with Gasteiger partial charge in [-0.25, -0.2) is 0 Å². The van der Waals surface area contributed by atoms with Gasteiger partial charge in [-0.1, -0.05) is 0 Å². The standard InChI is InChI=1S/C28H28N2O7/c1-33-21-8-6-20(7-9-21)30(28(32)18-14-24(35-3)26(37-5)25(15-18)36-4)16-19-12-17-13-22(34-2)10-11-23(17)29-27(19)31/h6-15H,16H2,1-5H3,(H,29,31). The van der Waals surface area contributed by atoms with Crippen LogP contribution in [0.5, 0.6) is 28.7 Å². The number of H-pyrrole nitrogens is 1. The van der Waals surface area contributed by atoms with Crippen LogP contribution in [0.15, 0.2) is 65.5 Å². The summed E-state index contributed by atoms with van der Waals surface area (Å²) >= 11 is 0. The summed E-state index contributed by atoms with van der Waals surface area (Å²) in [6.45, 7) is 0.00427. The predicted molar refractivity (Wildman–Crippen MR) is 141 cm³/mol. The van der Waals surface area contributed by atoms with Crippen LogP contribution < -0.4 is 34.1 Å². The van der Waals surface area contributed by atoms with E-state index in [0.717, 1.165) is 5.39 Å². The molecule has 0 fully saturated rings. The molecule has 0 radical (unpaired) electrons. The number of carbonyl (C=O) groups is 1. The number of nitrogens with one attached hydrogen (secondary N) is 1. The Morgan fingerprint density at radius 1 is 0.757 bits per heavy atom. The molecule has 1 aromatic heterocycles. The molecule has 0 aliphatic heterocycles. The number of carbonyl (C=O) groups excluding carboxylic acids is 1. The molecule has 4 aromatic rings. The average molecular weight is 505 g/mol. The Kier molecular flexibility index (Phi) is 7.52. The van der Waals surface area contributed by atoms with Crippen LogP contribution in [0.25, 0.3) is 10.9 Å². The predicted octanol–water partition coefficient (Wildman–Crippen LogP) is 4.42. The van der Waals surface area contributed by atoms with Gasteiger partial charge in [-0.3, -0.25) is 9.59 Å². The van der Waals surface area contributed by atoms with E-state index in [2.05, 4.69) is 4.98 Å². The summed E-state index contributed by atoms with van der Waals surface area (Å²) in [5, 5.41) is 0.781. The number of hydrogen-bond donors (Lipinski definition) is 1. The highest BCUT2D eigenvalue weighted by Gasteiger charge is 2.24. The van der Waals surface area contributed by atoms with Crippen LogP contribution in [0.4, 0.5) is 5.69 Å². The summed E-state index contributed by atoms with van der Waals surface area (Å²) < 4.78 is 26.8. The minimum Gasteiger partial charge on any atom is -0.497 e. The van der Waals surface area contributed by atoms with Crippen LogP contribution in [0.3, 0.4) is 0 Å². The lowest BCUT2D eigenvalue weighted by molar-refractivity contribution is 0.0984. The van der Waals surface area contributed by atoms with Crippen molar-refractivity contribution in [2.45, 2.75) is 6.54 Å². The maximum absolute atomic E-state index is 13.9. The SMILES string of the molecule is COc1ccc(N(Cc2cc3cc(OC)ccc3[nH]c2=O)C(=O)c2cc(OC)c(OC)c(OC)c2)cc1. The van der Waals surface area contributed by atoms with Gasteiger partial charge in [-0.15, -0.1) is 0 Å². The van der Waals surface area contributed by atoms with Crippen molar-refractivity contribution in [3.63, 3.8) is 0 Å². The first-order chi connectivity index (χ1) is 17.9. The lowest BCUT2D eigenvalue weighted by Crippen LogP contribution is -2.33. The summed E-state index contributed by atoms with van der Waals surface area (Å²) in [6, 6.07) is 17.3. The molecule has 9 nitrogen and oxygen atoms in total. The Balaban J connectivity index is 1.82. The van der Waals surface area contributed by atoms with Gasteiger partial charge in [0.25, 0.3) is 11.5 Å². The zero-order valence-corrected chi connectivity index (χ0v) is 21.3. The van der Waals surface area contributed by atoms with Gasteiger partial charge in [0.2, 0.25) is 5.75 Å². The van der Waals surface area contributed by atoms with Gasteiger partial charge in [0.1, 0.15) is 11.5 Å². The molecule has 3 aromatic carbocycles. The highest BCUT2D eigenvalue weighted by molar-refractivity contribution is 6.07. The van der Waals surface area contributed by atoms with Crippen molar-refractivity contribution < 1.29 is 28.5 Å². The first-order valence-corrected chi connectivity index (χ1v) is 11.4. The molecule has 0 saturated carbocycles. The Labute approximate surface area is 214 Å². The largest absolute Gasteiger partial charge is 0.497 e. The van der Waals surface area contributed by atoms with Gasteiger partial charge >= 0.3 is 0 Å². The van der Waals surface area contributed by atoms with E-state index < -0.39 is 0 Å². The number of pyridine rings is 1. The van der Waals surface area contributed by atoms with Crippen LogP contribution in [0.2, 0.25) is 0 Å². The molecule has 0 saturated heterocycles. The lowest BCUT2D eigenvalue weighted by Gasteiger charge is -2.24. The molecule has 1 N–H and O–H groups in total. The monoisotopic (exact) mass is 504 g/mol. The van der Waals surface area contributed by atoms with Crippen LogP contribution in [0, 0.1) is 0 Å².